The standard InChI is InChI=1S/C13H16O2.C4H9F3Si/c1-10(14)12(15)9-13(2,3)11-7-5-4-6-8-11;1-8(2,3)4(5,6)7/h4-8H,9H2,1-3H3;1-3H3. The van der Waals surface area contributed by atoms with Gasteiger partial charge in [-0.2, -0.15) is 13.2 Å². The third-order valence-electron chi connectivity index (χ3n) is 3.40. The van der Waals surface area contributed by atoms with Crippen LogP contribution in [0.2, 0.25) is 19.6 Å². The Morgan fingerprint density at radius 1 is 1.00 bits per heavy atom. The highest BCUT2D eigenvalue weighted by Crippen LogP contribution is 2.28. The number of benzene rings is 1. The lowest BCUT2D eigenvalue weighted by Gasteiger charge is -2.23. The van der Waals surface area contributed by atoms with Crippen LogP contribution in [-0.2, 0) is 15.0 Å². The zero-order valence-electron chi connectivity index (χ0n) is 14.5. The van der Waals surface area contributed by atoms with E-state index in [-0.39, 0.29) is 23.4 Å². The van der Waals surface area contributed by atoms with Gasteiger partial charge in [-0.05, 0) is 11.0 Å². The number of carbonyl (C=O) groups excluding carboxylic acids is 2. The third kappa shape index (κ3) is 7.59. The molecular weight excluding hydrogens is 321 g/mol. The molecule has 0 fully saturated rings. The normalized spacial score (nSPS) is 12.2. The molecule has 0 N–H and O–H groups in total. The molecule has 0 spiro atoms. The van der Waals surface area contributed by atoms with Gasteiger partial charge in [0.1, 0.15) is 0 Å². The van der Waals surface area contributed by atoms with Gasteiger partial charge in [0.05, 0.1) is 0 Å². The van der Waals surface area contributed by atoms with Crippen LogP contribution in [0.3, 0.4) is 0 Å². The van der Waals surface area contributed by atoms with Crippen LogP contribution in [0.1, 0.15) is 32.8 Å². The van der Waals surface area contributed by atoms with E-state index in [2.05, 4.69) is 0 Å². The second-order valence-corrected chi connectivity index (χ2v) is 12.2. The highest BCUT2D eigenvalue weighted by atomic mass is 28.3. The first kappa shape index (κ1) is 21.6. The summed E-state index contributed by atoms with van der Waals surface area (Å²) in [7, 11) is -2.86. The van der Waals surface area contributed by atoms with Gasteiger partial charge >= 0.3 is 5.80 Å². The minimum Gasteiger partial charge on any atom is -0.291 e. The average molecular weight is 346 g/mol. The maximum absolute atomic E-state index is 11.6. The molecule has 0 bridgehead atoms. The summed E-state index contributed by atoms with van der Waals surface area (Å²) in [4.78, 5) is 22.3. The Balaban J connectivity index is 0.000000515. The van der Waals surface area contributed by atoms with Gasteiger partial charge in [-0.1, -0.05) is 63.8 Å². The first-order valence-corrected chi connectivity index (χ1v) is 10.8. The summed E-state index contributed by atoms with van der Waals surface area (Å²) >= 11 is 0. The Morgan fingerprint density at radius 3 is 1.70 bits per heavy atom. The Kier molecular flexibility index (Phi) is 7.41. The summed E-state index contributed by atoms with van der Waals surface area (Å²) in [6, 6.07) is 9.78. The van der Waals surface area contributed by atoms with Crippen LogP contribution in [0.5, 0.6) is 0 Å². The molecule has 1 aromatic carbocycles. The molecule has 0 saturated heterocycles. The molecule has 2 nitrogen and oxygen atoms in total. The summed E-state index contributed by atoms with van der Waals surface area (Å²) in [5, 5.41) is 0. The Morgan fingerprint density at radius 2 is 1.39 bits per heavy atom. The lowest BCUT2D eigenvalue weighted by atomic mass is 9.80. The first-order valence-electron chi connectivity index (χ1n) is 7.34. The SMILES string of the molecule is CC(=O)C(=O)CC(C)(C)c1ccccc1.C[Si](C)(C)C(F)(F)F. The molecular formula is C17H25F3O2Si. The molecule has 0 atom stereocenters. The van der Waals surface area contributed by atoms with Gasteiger partial charge in [-0.3, -0.25) is 9.59 Å². The number of rotatable bonds is 4. The van der Waals surface area contributed by atoms with E-state index in [1.807, 2.05) is 44.2 Å². The van der Waals surface area contributed by atoms with Crippen molar-refractivity contribution in [1.29, 1.82) is 0 Å². The van der Waals surface area contributed by atoms with Crippen LogP contribution in [0.25, 0.3) is 0 Å². The second-order valence-electron chi connectivity index (χ2n) is 7.15. The van der Waals surface area contributed by atoms with Gasteiger partial charge in [0, 0.05) is 13.3 Å². The number of ketones is 2. The molecule has 0 aliphatic carbocycles. The van der Waals surface area contributed by atoms with Gasteiger partial charge in [0.2, 0.25) is 0 Å². The molecule has 23 heavy (non-hydrogen) atoms. The van der Waals surface area contributed by atoms with Crippen molar-refractivity contribution < 1.29 is 22.8 Å². The Labute approximate surface area is 137 Å². The first-order chi connectivity index (χ1) is 10.2. The largest absolute Gasteiger partial charge is 0.360 e. The molecule has 0 aliphatic heterocycles. The molecule has 0 aromatic heterocycles. The average Bonchev–Trinajstić information content (AvgIpc) is 2.37. The zero-order valence-corrected chi connectivity index (χ0v) is 15.5. The number of hydrogen-bond acceptors (Lipinski definition) is 2. The number of hydrogen-bond donors (Lipinski definition) is 0. The van der Waals surface area contributed by atoms with Gasteiger partial charge in [0.25, 0.3) is 0 Å². The lowest BCUT2D eigenvalue weighted by Crippen LogP contribution is -2.40. The predicted octanol–water partition coefficient (Wildman–Crippen LogP) is 4.94. The van der Waals surface area contributed by atoms with E-state index in [9.17, 15) is 22.8 Å². The van der Waals surface area contributed by atoms with Gasteiger partial charge in [-0.15, -0.1) is 0 Å². The van der Waals surface area contributed by atoms with Crippen LogP contribution in [0.4, 0.5) is 13.2 Å². The minimum atomic E-state index is -3.92. The fourth-order valence-electron chi connectivity index (χ4n) is 1.52. The van der Waals surface area contributed by atoms with E-state index in [1.165, 1.54) is 26.6 Å². The molecule has 1 rings (SSSR count). The fourth-order valence-corrected chi connectivity index (χ4v) is 1.52. The molecule has 6 heteroatoms. The summed E-state index contributed by atoms with van der Waals surface area (Å²) in [5.41, 5.74) is 0.809. The van der Waals surface area contributed by atoms with Gasteiger partial charge < -0.3 is 0 Å². The lowest BCUT2D eigenvalue weighted by molar-refractivity contribution is -0.136. The predicted molar refractivity (Wildman–Crippen MR) is 89.2 cm³/mol. The maximum Gasteiger partial charge on any atom is 0.360 e. The van der Waals surface area contributed by atoms with Gasteiger partial charge in [0.15, 0.2) is 19.6 Å². The zero-order chi connectivity index (χ0) is 18.5. The minimum absolute atomic E-state index is 0.270. The summed E-state index contributed by atoms with van der Waals surface area (Å²) < 4.78 is 34.9. The number of halogens is 3. The number of Topliss-reactive ketones (excluding diaryl/α,β-unsaturated/α-hetero) is 2. The van der Waals surface area contributed by atoms with E-state index >= 15 is 0 Å². The van der Waals surface area contributed by atoms with Crippen molar-refractivity contribution in [2.45, 2.75) is 58.0 Å². The molecule has 1 aromatic rings. The molecule has 0 aliphatic rings. The van der Waals surface area contributed by atoms with E-state index < -0.39 is 13.9 Å². The van der Waals surface area contributed by atoms with Crippen molar-refractivity contribution in [2.24, 2.45) is 0 Å². The summed E-state index contributed by atoms with van der Waals surface area (Å²) in [6.07, 6.45) is 0.270. The van der Waals surface area contributed by atoms with Crippen molar-refractivity contribution in [2.75, 3.05) is 0 Å². The van der Waals surface area contributed by atoms with E-state index in [0.717, 1.165) is 5.56 Å². The molecule has 0 radical (unpaired) electrons. The second kappa shape index (κ2) is 7.90. The molecule has 0 amide bonds. The molecule has 0 saturated carbocycles. The van der Waals surface area contributed by atoms with E-state index in [0.29, 0.717) is 0 Å². The molecule has 130 valence electrons. The monoisotopic (exact) mass is 346 g/mol. The quantitative estimate of drug-likeness (QED) is 0.572. The Bertz CT molecular complexity index is 517. The van der Waals surface area contributed by atoms with Crippen LogP contribution in [-0.4, -0.2) is 25.4 Å². The summed E-state index contributed by atoms with van der Waals surface area (Å²) in [5.74, 6) is -4.59. The highest BCUT2D eigenvalue weighted by Gasteiger charge is 2.44. The third-order valence-corrected chi connectivity index (χ3v) is 5.10. The van der Waals surface area contributed by atoms with E-state index in [4.69, 9.17) is 0 Å². The highest BCUT2D eigenvalue weighted by molar-refractivity contribution is 6.77. The van der Waals surface area contributed by atoms with Crippen molar-refractivity contribution >= 4 is 19.6 Å². The van der Waals surface area contributed by atoms with Crippen molar-refractivity contribution in [1.82, 2.24) is 0 Å². The van der Waals surface area contributed by atoms with Crippen LogP contribution < -0.4 is 0 Å². The topological polar surface area (TPSA) is 34.1 Å². The van der Waals surface area contributed by atoms with E-state index in [1.54, 1.807) is 0 Å². The van der Waals surface area contributed by atoms with Crippen LogP contribution in [0, 0.1) is 0 Å². The smallest absolute Gasteiger partial charge is 0.291 e. The van der Waals surface area contributed by atoms with Crippen LogP contribution in [0.15, 0.2) is 30.3 Å². The number of carbonyl (C=O) groups is 2. The Hall–Kier alpha value is -1.43. The fraction of sp³-hybridized carbons (Fsp3) is 0.529. The van der Waals surface area contributed by atoms with Crippen molar-refractivity contribution in [3.63, 3.8) is 0 Å². The van der Waals surface area contributed by atoms with Crippen molar-refractivity contribution in [3.8, 4) is 0 Å². The maximum atomic E-state index is 11.6. The molecule has 0 heterocycles. The van der Waals surface area contributed by atoms with Crippen LogP contribution >= 0.6 is 0 Å². The molecule has 0 unspecified atom stereocenters. The van der Waals surface area contributed by atoms with Gasteiger partial charge in [-0.25, -0.2) is 0 Å². The number of alkyl halides is 3. The van der Waals surface area contributed by atoms with Crippen molar-refractivity contribution in [3.05, 3.63) is 35.9 Å². The summed E-state index contributed by atoms with van der Waals surface area (Å²) in [6.45, 7) is 9.13.